The number of fused-ring (bicyclic) bond motifs is 2. The summed E-state index contributed by atoms with van der Waals surface area (Å²) in [5, 5.41) is 0.429. The smallest absolute Gasteiger partial charge is 0.339 e. The first-order chi connectivity index (χ1) is 12.3. The van der Waals surface area contributed by atoms with Crippen LogP contribution in [-0.2, 0) is 20.4 Å². The third-order valence-electron chi connectivity index (χ3n) is 5.29. The predicted molar refractivity (Wildman–Crippen MR) is 97.7 cm³/mol. The Hall–Kier alpha value is -1.89. The van der Waals surface area contributed by atoms with E-state index >= 15 is 0 Å². The van der Waals surface area contributed by atoms with Crippen molar-refractivity contribution < 1.29 is 17.9 Å². The van der Waals surface area contributed by atoms with Crippen molar-refractivity contribution in [2.24, 2.45) is 0 Å². The molecule has 2 aromatic carbocycles. The minimum Gasteiger partial charge on any atom is -0.450 e. The number of hydrogen-bond donors (Lipinski definition) is 0. The standard InChI is InChI=1S/C19H18ClNO4S/c1-13-16(20)7-4-8-17(13)26(23,24)21-11-9-19(10-12-21)15-6-3-2-5-14(15)18(22)25-19/h2-8H,9-12H2,1H3. The van der Waals surface area contributed by atoms with E-state index in [0.29, 0.717) is 29.0 Å². The van der Waals surface area contributed by atoms with Crippen molar-refractivity contribution in [1.29, 1.82) is 0 Å². The van der Waals surface area contributed by atoms with E-state index in [2.05, 4.69) is 0 Å². The van der Waals surface area contributed by atoms with E-state index in [-0.39, 0.29) is 24.0 Å². The zero-order chi connectivity index (χ0) is 18.5. The number of rotatable bonds is 2. The first kappa shape index (κ1) is 17.5. The van der Waals surface area contributed by atoms with Crippen molar-refractivity contribution in [3.63, 3.8) is 0 Å². The maximum Gasteiger partial charge on any atom is 0.339 e. The Balaban J connectivity index is 1.62. The number of sulfonamides is 1. The maximum absolute atomic E-state index is 13.0. The summed E-state index contributed by atoms with van der Waals surface area (Å²) in [6.45, 7) is 2.28. The fourth-order valence-corrected chi connectivity index (χ4v) is 5.73. The minimum absolute atomic E-state index is 0.227. The van der Waals surface area contributed by atoms with Crippen LogP contribution in [0.1, 0.15) is 34.3 Å². The molecule has 136 valence electrons. The van der Waals surface area contributed by atoms with Crippen LogP contribution in [0.2, 0.25) is 5.02 Å². The summed E-state index contributed by atoms with van der Waals surface area (Å²) >= 11 is 6.09. The van der Waals surface area contributed by atoms with Gasteiger partial charge < -0.3 is 4.74 Å². The van der Waals surface area contributed by atoms with Crippen LogP contribution in [0.25, 0.3) is 0 Å². The Morgan fingerprint density at radius 2 is 1.77 bits per heavy atom. The topological polar surface area (TPSA) is 63.7 Å². The number of halogens is 1. The highest BCUT2D eigenvalue weighted by Gasteiger charge is 2.48. The Kier molecular flexibility index (Phi) is 4.10. The van der Waals surface area contributed by atoms with Gasteiger partial charge in [0.1, 0.15) is 5.60 Å². The first-order valence-electron chi connectivity index (χ1n) is 8.43. The van der Waals surface area contributed by atoms with Crippen LogP contribution >= 0.6 is 11.6 Å². The zero-order valence-electron chi connectivity index (χ0n) is 14.2. The van der Waals surface area contributed by atoms with Gasteiger partial charge in [-0.1, -0.05) is 35.9 Å². The molecular weight excluding hydrogens is 374 g/mol. The summed E-state index contributed by atoms with van der Waals surface area (Å²) in [7, 11) is -3.64. The average Bonchev–Trinajstić information content (AvgIpc) is 2.90. The summed E-state index contributed by atoms with van der Waals surface area (Å²) < 4.78 is 33.2. The number of hydrogen-bond acceptors (Lipinski definition) is 4. The molecule has 0 aliphatic carbocycles. The quantitative estimate of drug-likeness (QED) is 0.735. The van der Waals surface area contributed by atoms with E-state index in [1.807, 2.05) is 12.1 Å². The van der Waals surface area contributed by atoms with Crippen LogP contribution in [0.5, 0.6) is 0 Å². The van der Waals surface area contributed by atoms with E-state index < -0.39 is 15.6 Å². The summed E-state index contributed by atoms with van der Waals surface area (Å²) in [5.41, 5.74) is 1.27. The molecule has 7 heteroatoms. The van der Waals surface area contributed by atoms with E-state index in [4.69, 9.17) is 16.3 Å². The van der Waals surface area contributed by atoms with Crippen molar-refractivity contribution in [3.8, 4) is 0 Å². The third-order valence-corrected chi connectivity index (χ3v) is 7.74. The predicted octanol–water partition coefficient (Wildman–Crippen LogP) is 3.50. The molecule has 26 heavy (non-hydrogen) atoms. The molecule has 0 atom stereocenters. The summed E-state index contributed by atoms with van der Waals surface area (Å²) in [6.07, 6.45) is 0.878. The van der Waals surface area contributed by atoms with Crippen LogP contribution in [0.15, 0.2) is 47.4 Å². The molecule has 2 heterocycles. The molecule has 5 nitrogen and oxygen atoms in total. The molecule has 0 aromatic heterocycles. The summed E-state index contributed by atoms with van der Waals surface area (Å²) in [5.74, 6) is -0.331. The van der Waals surface area contributed by atoms with E-state index in [1.54, 1.807) is 37.3 Å². The van der Waals surface area contributed by atoms with Gasteiger partial charge in [0.2, 0.25) is 10.0 Å². The normalized spacial score (nSPS) is 19.4. The molecule has 0 unspecified atom stereocenters. The van der Waals surface area contributed by atoms with E-state index in [1.165, 1.54) is 4.31 Å². The van der Waals surface area contributed by atoms with Gasteiger partial charge in [0.25, 0.3) is 0 Å². The van der Waals surface area contributed by atoms with Gasteiger partial charge in [0, 0.05) is 36.5 Å². The molecule has 2 aromatic rings. The van der Waals surface area contributed by atoms with Crippen molar-refractivity contribution in [2.45, 2.75) is 30.3 Å². The highest BCUT2D eigenvalue weighted by molar-refractivity contribution is 7.89. The fourth-order valence-electron chi connectivity index (χ4n) is 3.81. The lowest BCUT2D eigenvalue weighted by Gasteiger charge is -2.38. The van der Waals surface area contributed by atoms with Crippen LogP contribution in [0, 0.1) is 6.92 Å². The highest BCUT2D eigenvalue weighted by atomic mass is 35.5. The molecular formula is C19H18ClNO4S. The maximum atomic E-state index is 13.0. The van der Waals surface area contributed by atoms with Crippen LogP contribution in [-0.4, -0.2) is 31.8 Å². The van der Waals surface area contributed by atoms with Gasteiger partial charge in [0.05, 0.1) is 10.5 Å². The van der Waals surface area contributed by atoms with Gasteiger partial charge in [0.15, 0.2) is 0 Å². The molecule has 4 rings (SSSR count). The average molecular weight is 392 g/mol. The summed E-state index contributed by atoms with van der Waals surface area (Å²) in [6, 6.07) is 12.2. The molecule has 0 saturated carbocycles. The van der Waals surface area contributed by atoms with Gasteiger partial charge in [-0.2, -0.15) is 4.31 Å². The van der Waals surface area contributed by atoms with Crippen LogP contribution in [0.4, 0.5) is 0 Å². The molecule has 1 fully saturated rings. The Morgan fingerprint density at radius 3 is 2.50 bits per heavy atom. The molecule has 2 aliphatic rings. The largest absolute Gasteiger partial charge is 0.450 e. The Morgan fingerprint density at radius 1 is 1.08 bits per heavy atom. The Bertz CT molecular complexity index is 994. The van der Waals surface area contributed by atoms with Crippen molar-refractivity contribution in [3.05, 3.63) is 64.2 Å². The number of benzene rings is 2. The molecule has 0 N–H and O–H groups in total. The first-order valence-corrected chi connectivity index (χ1v) is 10.3. The lowest BCUT2D eigenvalue weighted by molar-refractivity contribution is -0.0329. The molecule has 0 amide bonds. The fraction of sp³-hybridized carbons (Fsp3) is 0.316. The Labute approximate surface area is 157 Å². The molecule has 0 radical (unpaired) electrons. The van der Waals surface area contributed by atoms with Crippen LogP contribution in [0.3, 0.4) is 0 Å². The second kappa shape index (κ2) is 6.08. The van der Waals surface area contributed by atoms with Gasteiger partial charge in [-0.3, -0.25) is 0 Å². The lowest BCUT2D eigenvalue weighted by Crippen LogP contribution is -2.45. The molecule has 0 bridgehead atoms. The number of nitrogens with zero attached hydrogens (tertiary/aromatic N) is 1. The van der Waals surface area contributed by atoms with Gasteiger partial charge >= 0.3 is 5.97 Å². The van der Waals surface area contributed by atoms with E-state index in [0.717, 1.165) is 5.56 Å². The molecule has 2 aliphatic heterocycles. The second-order valence-corrected chi connectivity index (χ2v) is 9.01. The number of esters is 1. The van der Waals surface area contributed by atoms with Gasteiger partial charge in [-0.25, -0.2) is 13.2 Å². The number of carbonyl (C=O) groups excluding carboxylic acids is 1. The number of piperidine rings is 1. The molecule has 1 spiro atoms. The SMILES string of the molecule is Cc1c(Cl)cccc1S(=O)(=O)N1CCC2(CC1)OC(=O)c1ccccc12. The lowest BCUT2D eigenvalue weighted by atomic mass is 9.84. The van der Waals surface area contributed by atoms with Crippen molar-refractivity contribution in [1.82, 2.24) is 4.31 Å². The number of ether oxygens (including phenoxy) is 1. The zero-order valence-corrected chi connectivity index (χ0v) is 15.8. The number of carbonyl (C=O) groups is 1. The van der Waals surface area contributed by atoms with Gasteiger partial charge in [-0.05, 0) is 30.7 Å². The monoisotopic (exact) mass is 391 g/mol. The highest BCUT2D eigenvalue weighted by Crippen LogP contribution is 2.44. The minimum atomic E-state index is -3.64. The van der Waals surface area contributed by atoms with Crippen LogP contribution < -0.4 is 0 Å². The molecule has 1 saturated heterocycles. The summed E-state index contributed by atoms with van der Waals surface area (Å²) in [4.78, 5) is 12.4. The van der Waals surface area contributed by atoms with Crippen molar-refractivity contribution >= 4 is 27.6 Å². The van der Waals surface area contributed by atoms with Crippen molar-refractivity contribution in [2.75, 3.05) is 13.1 Å². The third kappa shape index (κ3) is 2.55. The van der Waals surface area contributed by atoms with E-state index in [9.17, 15) is 13.2 Å². The second-order valence-electron chi connectivity index (χ2n) is 6.70. The van der Waals surface area contributed by atoms with Gasteiger partial charge in [-0.15, -0.1) is 0 Å².